The van der Waals surface area contributed by atoms with Crippen LogP contribution in [0.25, 0.3) is 11.3 Å². The van der Waals surface area contributed by atoms with Crippen molar-refractivity contribution in [3.63, 3.8) is 0 Å². The highest BCUT2D eigenvalue weighted by molar-refractivity contribution is 5.95. The minimum absolute atomic E-state index is 0.0207. The molecule has 1 aliphatic carbocycles. The number of benzene rings is 1. The lowest BCUT2D eigenvalue weighted by Gasteiger charge is -2.26. The summed E-state index contributed by atoms with van der Waals surface area (Å²) in [6, 6.07) is 9.74. The zero-order valence-corrected chi connectivity index (χ0v) is 16.2. The number of nitrogens with zero attached hydrogens (tertiary/aromatic N) is 1. The first-order valence-corrected chi connectivity index (χ1v) is 9.63. The van der Waals surface area contributed by atoms with Crippen LogP contribution in [0.3, 0.4) is 0 Å². The number of carbonyl (C=O) groups is 2. The minimum atomic E-state index is -0.447. The van der Waals surface area contributed by atoms with Crippen molar-refractivity contribution in [1.82, 2.24) is 4.90 Å². The second kappa shape index (κ2) is 6.55. The number of rotatable bonds is 3. The number of hydrogen-bond acceptors (Lipinski definition) is 3. The Balaban J connectivity index is 1.52. The highest BCUT2D eigenvalue weighted by Gasteiger charge is 2.35. The van der Waals surface area contributed by atoms with Crippen molar-refractivity contribution in [3.05, 3.63) is 41.7 Å². The molecule has 0 radical (unpaired) electrons. The third kappa shape index (κ3) is 3.77. The summed E-state index contributed by atoms with van der Waals surface area (Å²) >= 11 is 0. The van der Waals surface area contributed by atoms with Crippen molar-refractivity contribution in [2.45, 2.75) is 46.6 Å². The van der Waals surface area contributed by atoms with Gasteiger partial charge in [0.25, 0.3) is 0 Å². The highest BCUT2D eigenvalue weighted by Crippen LogP contribution is 2.35. The van der Waals surface area contributed by atoms with E-state index in [2.05, 4.69) is 5.32 Å². The molecular formula is C22H26N2O3. The molecule has 1 aromatic carbocycles. The van der Waals surface area contributed by atoms with Gasteiger partial charge in [-0.2, -0.15) is 0 Å². The summed E-state index contributed by atoms with van der Waals surface area (Å²) < 4.78 is 6.07. The lowest BCUT2D eigenvalue weighted by molar-refractivity contribution is -0.133. The molecular weight excluding hydrogens is 340 g/mol. The molecule has 1 aliphatic heterocycles. The molecule has 2 aliphatic rings. The Kier molecular flexibility index (Phi) is 4.33. The van der Waals surface area contributed by atoms with Crippen LogP contribution < -0.4 is 5.32 Å². The van der Waals surface area contributed by atoms with Crippen LogP contribution in [0.4, 0.5) is 5.69 Å². The molecule has 1 N–H and O–H groups in total. The van der Waals surface area contributed by atoms with Crippen molar-refractivity contribution in [2.24, 2.45) is 11.3 Å². The van der Waals surface area contributed by atoms with Crippen molar-refractivity contribution < 1.29 is 14.0 Å². The van der Waals surface area contributed by atoms with Crippen molar-refractivity contribution in [1.29, 1.82) is 0 Å². The second-order valence-corrected chi connectivity index (χ2v) is 8.63. The molecule has 0 saturated heterocycles. The molecule has 2 aromatic rings. The second-order valence-electron chi connectivity index (χ2n) is 8.63. The van der Waals surface area contributed by atoms with E-state index in [0.29, 0.717) is 6.54 Å². The van der Waals surface area contributed by atoms with Crippen LogP contribution in [-0.2, 0) is 22.6 Å². The Labute approximate surface area is 159 Å². The number of amides is 2. The van der Waals surface area contributed by atoms with E-state index < -0.39 is 5.41 Å². The fourth-order valence-corrected chi connectivity index (χ4v) is 3.32. The summed E-state index contributed by atoms with van der Waals surface area (Å²) in [5, 5.41) is 2.96. The van der Waals surface area contributed by atoms with Gasteiger partial charge in [-0.15, -0.1) is 0 Å². The Morgan fingerprint density at radius 1 is 1.19 bits per heavy atom. The molecule has 1 saturated carbocycles. The van der Waals surface area contributed by atoms with Gasteiger partial charge in [-0.25, -0.2) is 0 Å². The molecule has 4 rings (SSSR count). The topological polar surface area (TPSA) is 62.6 Å². The fourth-order valence-electron chi connectivity index (χ4n) is 3.32. The Morgan fingerprint density at radius 2 is 1.96 bits per heavy atom. The Bertz CT molecular complexity index is 887. The Morgan fingerprint density at radius 3 is 2.67 bits per heavy atom. The van der Waals surface area contributed by atoms with Gasteiger partial charge in [0, 0.05) is 47.7 Å². The van der Waals surface area contributed by atoms with Gasteiger partial charge < -0.3 is 14.6 Å². The van der Waals surface area contributed by atoms with Gasteiger partial charge in [-0.3, -0.25) is 9.59 Å². The first kappa shape index (κ1) is 17.8. The van der Waals surface area contributed by atoms with Crippen LogP contribution >= 0.6 is 0 Å². The number of carbonyl (C=O) groups excluding carboxylic acids is 2. The monoisotopic (exact) mass is 366 g/mol. The lowest BCUT2D eigenvalue weighted by Crippen LogP contribution is -2.36. The molecule has 0 unspecified atom stereocenters. The highest BCUT2D eigenvalue weighted by atomic mass is 16.3. The SMILES string of the molecule is CC(C)(C)C(=O)Nc1cccc(-c2cc3c(o2)CCN(C(=O)C2CC2)C3)c1. The molecule has 1 fully saturated rings. The van der Waals surface area contributed by atoms with E-state index in [-0.39, 0.29) is 17.7 Å². The van der Waals surface area contributed by atoms with Crippen LogP contribution in [-0.4, -0.2) is 23.3 Å². The van der Waals surface area contributed by atoms with Gasteiger partial charge in [-0.1, -0.05) is 32.9 Å². The van der Waals surface area contributed by atoms with E-state index in [9.17, 15) is 9.59 Å². The summed E-state index contributed by atoms with van der Waals surface area (Å²) in [6.07, 6.45) is 2.83. The summed E-state index contributed by atoms with van der Waals surface area (Å²) in [5.41, 5.74) is 2.33. The van der Waals surface area contributed by atoms with E-state index in [4.69, 9.17) is 4.42 Å². The molecule has 142 valence electrons. The predicted octanol–water partition coefficient (Wildman–Crippen LogP) is 4.23. The van der Waals surface area contributed by atoms with Crippen LogP contribution in [0.5, 0.6) is 0 Å². The van der Waals surface area contributed by atoms with Crippen LogP contribution in [0.15, 0.2) is 34.7 Å². The maximum absolute atomic E-state index is 12.3. The molecule has 1 aromatic heterocycles. The first-order chi connectivity index (χ1) is 12.8. The summed E-state index contributed by atoms with van der Waals surface area (Å²) in [4.78, 5) is 26.5. The van der Waals surface area contributed by atoms with Crippen LogP contribution in [0.1, 0.15) is 44.9 Å². The maximum Gasteiger partial charge on any atom is 0.229 e. The number of hydrogen-bond donors (Lipinski definition) is 1. The molecule has 5 heteroatoms. The molecule has 0 atom stereocenters. The van der Waals surface area contributed by atoms with Gasteiger partial charge in [0.1, 0.15) is 11.5 Å². The normalized spacial score (nSPS) is 16.8. The van der Waals surface area contributed by atoms with Gasteiger partial charge >= 0.3 is 0 Å². The number of nitrogens with one attached hydrogen (secondary N) is 1. The number of furan rings is 1. The molecule has 27 heavy (non-hydrogen) atoms. The van der Waals surface area contributed by atoms with E-state index in [0.717, 1.165) is 54.1 Å². The standard InChI is InChI=1S/C22H26N2O3/c1-22(2,3)21(26)23-17-6-4-5-15(11-17)19-12-16-13-24(10-9-18(16)27-19)20(25)14-7-8-14/h4-6,11-12,14H,7-10,13H2,1-3H3,(H,23,26). The predicted molar refractivity (Wildman–Crippen MR) is 104 cm³/mol. The third-order valence-electron chi connectivity index (χ3n) is 5.19. The van der Waals surface area contributed by atoms with Crippen molar-refractivity contribution in [3.8, 4) is 11.3 Å². The number of anilines is 1. The summed E-state index contributed by atoms with van der Waals surface area (Å²) in [7, 11) is 0. The summed E-state index contributed by atoms with van der Waals surface area (Å²) in [5.74, 6) is 2.27. The summed E-state index contributed by atoms with van der Waals surface area (Å²) in [6.45, 7) is 7.04. The number of fused-ring (bicyclic) bond motifs is 1. The van der Waals surface area contributed by atoms with Gasteiger partial charge in [0.15, 0.2) is 0 Å². The maximum atomic E-state index is 12.3. The zero-order chi connectivity index (χ0) is 19.2. The van der Waals surface area contributed by atoms with E-state index in [1.807, 2.05) is 56.0 Å². The largest absolute Gasteiger partial charge is 0.461 e. The van der Waals surface area contributed by atoms with Gasteiger partial charge in [0.2, 0.25) is 11.8 Å². The lowest BCUT2D eigenvalue weighted by atomic mass is 9.95. The third-order valence-corrected chi connectivity index (χ3v) is 5.19. The zero-order valence-electron chi connectivity index (χ0n) is 16.2. The molecule has 5 nitrogen and oxygen atoms in total. The molecule has 0 bridgehead atoms. The average Bonchev–Trinajstić information content (AvgIpc) is 3.38. The van der Waals surface area contributed by atoms with Gasteiger partial charge in [0.05, 0.1) is 0 Å². The van der Waals surface area contributed by atoms with E-state index >= 15 is 0 Å². The minimum Gasteiger partial charge on any atom is -0.461 e. The quantitative estimate of drug-likeness (QED) is 0.884. The van der Waals surface area contributed by atoms with Gasteiger partial charge in [-0.05, 0) is 31.0 Å². The fraction of sp³-hybridized carbons (Fsp3) is 0.455. The first-order valence-electron chi connectivity index (χ1n) is 9.63. The Hall–Kier alpha value is -2.56. The molecule has 0 spiro atoms. The van der Waals surface area contributed by atoms with E-state index in [1.54, 1.807) is 0 Å². The van der Waals surface area contributed by atoms with Crippen LogP contribution in [0.2, 0.25) is 0 Å². The smallest absolute Gasteiger partial charge is 0.229 e. The van der Waals surface area contributed by atoms with Crippen molar-refractivity contribution >= 4 is 17.5 Å². The van der Waals surface area contributed by atoms with E-state index in [1.165, 1.54) is 0 Å². The average molecular weight is 366 g/mol. The van der Waals surface area contributed by atoms with Crippen molar-refractivity contribution in [2.75, 3.05) is 11.9 Å². The van der Waals surface area contributed by atoms with Crippen LogP contribution in [0, 0.1) is 11.3 Å². The molecule has 2 heterocycles. The molecule has 2 amide bonds.